The van der Waals surface area contributed by atoms with E-state index in [1.54, 1.807) is 0 Å². The first kappa shape index (κ1) is 14.5. The average Bonchev–Trinajstić information content (AvgIpc) is 2.73. The second-order valence-corrected chi connectivity index (χ2v) is 6.81. The van der Waals surface area contributed by atoms with E-state index in [9.17, 15) is 0 Å². The standard InChI is InChI=1S/C17H26N4/c1-11-5-6-16(12(2)7-11)18-9-14-8-15-13(3)20-21(4)17(15)19-10-14/h8,10-12,16,18H,5-7,9H2,1-4H3. The molecule has 0 saturated heterocycles. The van der Waals surface area contributed by atoms with Crippen molar-refractivity contribution >= 4 is 11.0 Å². The van der Waals surface area contributed by atoms with Gasteiger partial charge in [-0.1, -0.05) is 13.8 Å². The van der Waals surface area contributed by atoms with Gasteiger partial charge in [0.25, 0.3) is 0 Å². The largest absolute Gasteiger partial charge is 0.310 e. The number of nitrogens with zero attached hydrogens (tertiary/aromatic N) is 3. The van der Waals surface area contributed by atoms with E-state index in [2.05, 4.69) is 35.3 Å². The minimum atomic E-state index is 0.645. The molecule has 1 N–H and O–H groups in total. The third-order valence-corrected chi connectivity index (χ3v) is 4.92. The first-order chi connectivity index (χ1) is 10.0. The SMILES string of the molecule is Cc1nn(C)c2ncc(CNC3CCC(C)CC3C)cc12. The van der Waals surface area contributed by atoms with Gasteiger partial charge >= 0.3 is 0 Å². The second-order valence-electron chi connectivity index (χ2n) is 6.81. The summed E-state index contributed by atoms with van der Waals surface area (Å²) in [5, 5.41) is 9.34. The highest BCUT2D eigenvalue weighted by molar-refractivity contribution is 5.78. The summed E-state index contributed by atoms with van der Waals surface area (Å²) >= 11 is 0. The van der Waals surface area contributed by atoms with Crippen molar-refractivity contribution in [1.29, 1.82) is 0 Å². The molecular formula is C17H26N4. The molecule has 3 atom stereocenters. The van der Waals surface area contributed by atoms with E-state index in [-0.39, 0.29) is 0 Å². The van der Waals surface area contributed by atoms with Gasteiger partial charge in [-0.05, 0) is 49.7 Å². The smallest absolute Gasteiger partial charge is 0.157 e. The normalized spacial score (nSPS) is 26.4. The molecule has 114 valence electrons. The van der Waals surface area contributed by atoms with Crippen molar-refractivity contribution < 1.29 is 0 Å². The topological polar surface area (TPSA) is 42.7 Å². The number of aryl methyl sites for hydroxylation is 2. The van der Waals surface area contributed by atoms with Gasteiger partial charge in [0.1, 0.15) is 0 Å². The Morgan fingerprint density at radius 3 is 2.90 bits per heavy atom. The summed E-state index contributed by atoms with van der Waals surface area (Å²) < 4.78 is 1.85. The maximum Gasteiger partial charge on any atom is 0.157 e. The Labute approximate surface area is 126 Å². The Morgan fingerprint density at radius 1 is 1.33 bits per heavy atom. The molecule has 0 amide bonds. The van der Waals surface area contributed by atoms with Crippen LogP contribution in [0.1, 0.15) is 44.4 Å². The summed E-state index contributed by atoms with van der Waals surface area (Å²) in [7, 11) is 1.95. The van der Waals surface area contributed by atoms with E-state index < -0.39 is 0 Å². The Balaban J connectivity index is 1.69. The van der Waals surface area contributed by atoms with E-state index in [4.69, 9.17) is 0 Å². The van der Waals surface area contributed by atoms with E-state index in [0.29, 0.717) is 6.04 Å². The van der Waals surface area contributed by atoms with Gasteiger partial charge in [-0.15, -0.1) is 0 Å². The molecule has 1 saturated carbocycles. The van der Waals surface area contributed by atoms with Crippen LogP contribution in [0.5, 0.6) is 0 Å². The number of nitrogens with one attached hydrogen (secondary N) is 1. The summed E-state index contributed by atoms with van der Waals surface area (Å²) in [6, 6.07) is 2.88. The fourth-order valence-electron chi connectivity index (χ4n) is 3.67. The minimum Gasteiger partial charge on any atom is -0.310 e. The van der Waals surface area contributed by atoms with Crippen LogP contribution in [0.25, 0.3) is 11.0 Å². The molecule has 0 aromatic carbocycles. The molecule has 4 nitrogen and oxygen atoms in total. The summed E-state index contributed by atoms with van der Waals surface area (Å²) in [6.07, 6.45) is 5.97. The molecule has 2 heterocycles. The van der Waals surface area contributed by atoms with Crippen LogP contribution in [0.15, 0.2) is 12.3 Å². The maximum absolute atomic E-state index is 4.56. The maximum atomic E-state index is 4.56. The van der Waals surface area contributed by atoms with E-state index in [0.717, 1.165) is 29.7 Å². The number of hydrogen-bond donors (Lipinski definition) is 1. The highest BCUT2D eigenvalue weighted by atomic mass is 15.3. The van der Waals surface area contributed by atoms with Crippen LogP contribution in [0.2, 0.25) is 0 Å². The van der Waals surface area contributed by atoms with Crippen molar-refractivity contribution in [3.63, 3.8) is 0 Å². The Hall–Kier alpha value is -1.42. The molecule has 2 aromatic rings. The molecule has 21 heavy (non-hydrogen) atoms. The Bertz CT molecular complexity index is 631. The Kier molecular flexibility index (Phi) is 3.98. The van der Waals surface area contributed by atoms with Crippen LogP contribution in [-0.2, 0) is 13.6 Å². The summed E-state index contributed by atoms with van der Waals surface area (Å²) in [4.78, 5) is 4.56. The van der Waals surface area contributed by atoms with Crippen molar-refractivity contribution in [3.05, 3.63) is 23.5 Å². The monoisotopic (exact) mass is 286 g/mol. The van der Waals surface area contributed by atoms with Crippen molar-refractivity contribution in [1.82, 2.24) is 20.1 Å². The molecule has 0 spiro atoms. The van der Waals surface area contributed by atoms with Gasteiger partial charge in [-0.25, -0.2) is 4.98 Å². The number of rotatable bonds is 3. The molecule has 0 bridgehead atoms. The van der Waals surface area contributed by atoms with Crippen LogP contribution in [0.3, 0.4) is 0 Å². The van der Waals surface area contributed by atoms with Crippen molar-refractivity contribution in [2.45, 2.75) is 52.6 Å². The zero-order chi connectivity index (χ0) is 15.0. The number of hydrogen-bond acceptors (Lipinski definition) is 3. The fourth-order valence-corrected chi connectivity index (χ4v) is 3.67. The molecule has 2 aromatic heterocycles. The molecule has 1 aliphatic rings. The fraction of sp³-hybridized carbons (Fsp3) is 0.647. The van der Waals surface area contributed by atoms with E-state index >= 15 is 0 Å². The van der Waals surface area contributed by atoms with Gasteiger partial charge < -0.3 is 5.32 Å². The van der Waals surface area contributed by atoms with E-state index in [1.807, 2.05) is 24.9 Å². The minimum absolute atomic E-state index is 0.645. The molecule has 0 aliphatic heterocycles. The van der Waals surface area contributed by atoms with Gasteiger partial charge in [0.05, 0.1) is 5.69 Å². The third kappa shape index (κ3) is 2.95. The molecule has 4 heteroatoms. The number of pyridine rings is 1. The van der Waals surface area contributed by atoms with Crippen molar-refractivity contribution in [2.24, 2.45) is 18.9 Å². The van der Waals surface area contributed by atoms with E-state index in [1.165, 1.54) is 30.2 Å². The van der Waals surface area contributed by atoms with Crippen LogP contribution < -0.4 is 5.32 Å². The molecule has 1 aliphatic carbocycles. The quantitative estimate of drug-likeness (QED) is 0.942. The van der Waals surface area contributed by atoms with Gasteiger partial charge in [-0.2, -0.15) is 5.10 Å². The first-order valence-corrected chi connectivity index (χ1v) is 8.06. The zero-order valence-electron chi connectivity index (χ0n) is 13.6. The summed E-state index contributed by atoms with van der Waals surface area (Å²) in [5.41, 5.74) is 3.28. The summed E-state index contributed by atoms with van der Waals surface area (Å²) in [6.45, 7) is 7.70. The lowest BCUT2D eigenvalue weighted by molar-refractivity contribution is 0.227. The predicted molar refractivity (Wildman–Crippen MR) is 86.1 cm³/mol. The van der Waals surface area contributed by atoms with Crippen LogP contribution >= 0.6 is 0 Å². The molecular weight excluding hydrogens is 260 g/mol. The van der Waals surface area contributed by atoms with Crippen LogP contribution in [0.4, 0.5) is 0 Å². The van der Waals surface area contributed by atoms with Crippen LogP contribution in [0, 0.1) is 18.8 Å². The lowest BCUT2D eigenvalue weighted by Crippen LogP contribution is -2.38. The van der Waals surface area contributed by atoms with Crippen molar-refractivity contribution in [2.75, 3.05) is 0 Å². The molecule has 1 fully saturated rings. The van der Waals surface area contributed by atoms with Gasteiger partial charge in [0, 0.05) is 31.2 Å². The molecule has 3 unspecified atom stereocenters. The highest BCUT2D eigenvalue weighted by Crippen LogP contribution is 2.28. The lowest BCUT2D eigenvalue weighted by Gasteiger charge is -2.33. The van der Waals surface area contributed by atoms with Gasteiger partial charge in [0.15, 0.2) is 5.65 Å². The predicted octanol–water partition coefficient (Wildman–Crippen LogP) is 3.19. The van der Waals surface area contributed by atoms with Crippen molar-refractivity contribution in [3.8, 4) is 0 Å². The third-order valence-electron chi connectivity index (χ3n) is 4.92. The van der Waals surface area contributed by atoms with Crippen LogP contribution in [-0.4, -0.2) is 20.8 Å². The lowest BCUT2D eigenvalue weighted by atomic mass is 9.80. The second kappa shape index (κ2) is 5.76. The van der Waals surface area contributed by atoms with Gasteiger partial charge in [-0.3, -0.25) is 4.68 Å². The average molecular weight is 286 g/mol. The highest BCUT2D eigenvalue weighted by Gasteiger charge is 2.24. The number of aromatic nitrogens is 3. The number of fused-ring (bicyclic) bond motifs is 1. The first-order valence-electron chi connectivity index (χ1n) is 8.06. The summed E-state index contributed by atoms with van der Waals surface area (Å²) in [5.74, 6) is 1.65. The molecule has 0 radical (unpaired) electrons. The zero-order valence-corrected chi connectivity index (χ0v) is 13.6. The Morgan fingerprint density at radius 2 is 2.14 bits per heavy atom. The molecule has 3 rings (SSSR count). The van der Waals surface area contributed by atoms with Gasteiger partial charge in [0.2, 0.25) is 0 Å².